The fraction of sp³-hybridized carbons (Fsp3) is 0.391. The minimum Gasteiger partial charge on any atom is -0.378 e. The van der Waals surface area contributed by atoms with E-state index in [0.717, 1.165) is 40.5 Å². The van der Waals surface area contributed by atoms with Crippen LogP contribution >= 0.6 is 23.4 Å². The number of nitrogens with zero attached hydrogens (tertiary/aromatic N) is 4. The first-order valence-electron chi connectivity index (χ1n) is 10.6. The highest BCUT2D eigenvalue weighted by Crippen LogP contribution is 2.21. The highest BCUT2D eigenvalue weighted by molar-refractivity contribution is 7.99. The van der Waals surface area contributed by atoms with Crippen LogP contribution in [0, 0.1) is 0 Å². The molecule has 0 saturated carbocycles. The number of nitrogens with one attached hydrogen (secondary N) is 1. The number of likely N-dealkylation sites (tertiary alicyclic amines) is 1. The van der Waals surface area contributed by atoms with E-state index >= 15 is 0 Å². The zero-order chi connectivity index (χ0) is 20.6. The molecule has 0 unspecified atom stereocenters. The van der Waals surface area contributed by atoms with Crippen LogP contribution in [0.3, 0.4) is 0 Å². The first kappa shape index (κ1) is 21.2. The number of hydrogen-bond acceptors (Lipinski definition) is 5. The first-order valence-corrected chi connectivity index (χ1v) is 11.9. The lowest BCUT2D eigenvalue weighted by Crippen LogP contribution is -2.31. The summed E-state index contributed by atoms with van der Waals surface area (Å²) < 4.78 is 2.24. The van der Waals surface area contributed by atoms with E-state index in [1.165, 1.54) is 37.9 Å². The molecule has 2 aromatic carbocycles. The summed E-state index contributed by atoms with van der Waals surface area (Å²) in [6.45, 7) is 4.97. The maximum absolute atomic E-state index is 5.99. The molecule has 1 N–H and O–H groups in total. The predicted octanol–water partition coefficient (Wildman–Crippen LogP) is 5.17. The number of anilines is 1. The lowest BCUT2D eigenvalue weighted by molar-refractivity contribution is 0.242. The molecule has 0 spiro atoms. The Bertz CT molecular complexity index is 907. The molecule has 0 radical (unpaired) electrons. The van der Waals surface area contributed by atoms with Crippen molar-refractivity contribution < 1.29 is 0 Å². The smallest absolute Gasteiger partial charge is 0.191 e. The summed E-state index contributed by atoms with van der Waals surface area (Å²) in [6, 6.07) is 18.2. The second-order valence-electron chi connectivity index (χ2n) is 7.58. The van der Waals surface area contributed by atoms with Gasteiger partial charge in [-0.15, -0.1) is 10.2 Å². The Balaban J connectivity index is 1.43. The van der Waals surface area contributed by atoms with Crippen LogP contribution in [0.2, 0.25) is 5.02 Å². The van der Waals surface area contributed by atoms with Crippen LogP contribution in [0.5, 0.6) is 0 Å². The van der Waals surface area contributed by atoms with Crippen LogP contribution in [0.4, 0.5) is 5.69 Å². The topological polar surface area (TPSA) is 46.0 Å². The standard InChI is InChI=1S/C23H28ClN5S/c24-20-9-11-21(12-10-20)25-17-22-26-27-23(29(22)18-19-7-3-1-4-8-19)30-16-15-28-13-5-2-6-14-28/h1,3-4,7-12,25H,2,5-6,13-18H2. The summed E-state index contributed by atoms with van der Waals surface area (Å²) in [5.74, 6) is 1.98. The number of aromatic nitrogens is 3. The van der Waals surface area contributed by atoms with Crippen molar-refractivity contribution in [2.75, 3.05) is 30.7 Å². The van der Waals surface area contributed by atoms with Crippen molar-refractivity contribution in [2.24, 2.45) is 0 Å². The van der Waals surface area contributed by atoms with Gasteiger partial charge in [0.25, 0.3) is 0 Å². The molecule has 0 amide bonds. The maximum atomic E-state index is 5.99. The molecule has 3 aromatic rings. The quantitative estimate of drug-likeness (QED) is 0.464. The van der Waals surface area contributed by atoms with E-state index in [1.54, 1.807) is 11.8 Å². The zero-order valence-corrected chi connectivity index (χ0v) is 18.7. The molecule has 1 saturated heterocycles. The van der Waals surface area contributed by atoms with E-state index in [9.17, 15) is 0 Å². The summed E-state index contributed by atoms with van der Waals surface area (Å²) in [5, 5.41) is 14.2. The third kappa shape index (κ3) is 6.00. The predicted molar refractivity (Wildman–Crippen MR) is 125 cm³/mol. The molecule has 7 heteroatoms. The number of hydrogen-bond donors (Lipinski definition) is 1. The van der Waals surface area contributed by atoms with Gasteiger partial charge in [-0.3, -0.25) is 0 Å². The van der Waals surface area contributed by atoms with Crippen molar-refractivity contribution in [3.8, 4) is 0 Å². The zero-order valence-electron chi connectivity index (χ0n) is 17.1. The SMILES string of the molecule is Clc1ccc(NCc2nnc(SCCN3CCCCC3)n2Cc2ccccc2)cc1. The summed E-state index contributed by atoms with van der Waals surface area (Å²) in [6.07, 6.45) is 4.03. The van der Waals surface area contributed by atoms with E-state index in [-0.39, 0.29) is 0 Å². The third-order valence-corrected chi connectivity index (χ3v) is 6.56. The summed E-state index contributed by atoms with van der Waals surface area (Å²) in [4.78, 5) is 2.57. The summed E-state index contributed by atoms with van der Waals surface area (Å²) in [5.41, 5.74) is 2.27. The van der Waals surface area contributed by atoms with Gasteiger partial charge in [-0.2, -0.15) is 0 Å². The summed E-state index contributed by atoms with van der Waals surface area (Å²) >= 11 is 7.80. The Kier molecular flexibility index (Phi) is 7.67. The molecule has 1 aliphatic rings. The molecule has 0 bridgehead atoms. The van der Waals surface area contributed by atoms with Gasteiger partial charge in [0.15, 0.2) is 11.0 Å². The molecule has 1 fully saturated rings. The molecular formula is C23H28ClN5S. The Morgan fingerprint density at radius 3 is 2.47 bits per heavy atom. The van der Waals surface area contributed by atoms with E-state index < -0.39 is 0 Å². The fourth-order valence-corrected chi connectivity index (χ4v) is 4.76. The van der Waals surface area contributed by atoms with Crippen LogP contribution in [0.25, 0.3) is 0 Å². The van der Waals surface area contributed by atoms with Crippen LogP contribution < -0.4 is 5.32 Å². The number of halogens is 1. The second kappa shape index (κ2) is 10.8. The fourth-order valence-electron chi connectivity index (χ4n) is 3.68. The number of rotatable bonds is 9. The molecule has 5 nitrogen and oxygen atoms in total. The Hall–Kier alpha value is -2.02. The highest BCUT2D eigenvalue weighted by Gasteiger charge is 2.15. The molecule has 30 heavy (non-hydrogen) atoms. The van der Waals surface area contributed by atoms with Crippen molar-refractivity contribution in [2.45, 2.75) is 37.5 Å². The van der Waals surface area contributed by atoms with Gasteiger partial charge in [0.1, 0.15) is 0 Å². The average molecular weight is 442 g/mol. The Labute approximate surface area is 187 Å². The van der Waals surface area contributed by atoms with Crippen molar-refractivity contribution in [1.82, 2.24) is 19.7 Å². The first-order chi connectivity index (χ1) is 14.8. The van der Waals surface area contributed by atoms with Gasteiger partial charge in [-0.05, 0) is 55.8 Å². The Morgan fingerprint density at radius 2 is 1.70 bits per heavy atom. The van der Waals surface area contributed by atoms with E-state index in [4.69, 9.17) is 11.6 Å². The van der Waals surface area contributed by atoms with Gasteiger partial charge in [0.05, 0.1) is 13.1 Å². The maximum Gasteiger partial charge on any atom is 0.191 e. The minimum atomic E-state index is 0.619. The monoisotopic (exact) mass is 441 g/mol. The third-order valence-electron chi connectivity index (χ3n) is 5.36. The number of thioether (sulfide) groups is 1. The van der Waals surface area contributed by atoms with Crippen LogP contribution in [0.15, 0.2) is 59.8 Å². The Morgan fingerprint density at radius 1 is 0.933 bits per heavy atom. The van der Waals surface area contributed by atoms with E-state index in [1.807, 2.05) is 30.3 Å². The van der Waals surface area contributed by atoms with Crippen molar-refractivity contribution in [3.63, 3.8) is 0 Å². The molecule has 4 rings (SSSR count). The molecule has 2 heterocycles. The average Bonchev–Trinajstić information content (AvgIpc) is 3.16. The lowest BCUT2D eigenvalue weighted by Gasteiger charge is -2.25. The minimum absolute atomic E-state index is 0.619. The van der Waals surface area contributed by atoms with Gasteiger partial charge >= 0.3 is 0 Å². The number of benzene rings is 2. The van der Waals surface area contributed by atoms with Gasteiger partial charge in [0.2, 0.25) is 0 Å². The molecule has 158 valence electrons. The van der Waals surface area contributed by atoms with E-state index in [2.05, 4.69) is 49.2 Å². The summed E-state index contributed by atoms with van der Waals surface area (Å²) in [7, 11) is 0. The molecule has 0 aliphatic carbocycles. The van der Waals surface area contributed by atoms with Gasteiger partial charge in [0, 0.05) is 23.0 Å². The highest BCUT2D eigenvalue weighted by atomic mass is 35.5. The van der Waals surface area contributed by atoms with E-state index in [0.29, 0.717) is 6.54 Å². The van der Waals surface area contributed by atoms with Crippen molar-refractivity contribution in [3.05, 3.63) is 71.0 Å². The second-order valence-corrected chi connectivity index (χ2v) is 9.08. The number of piperidine rings is 1. The molecule has 1 aliphatic heterocycles. The van der Waals surface area contributed by atoms with Gasteiger partial charge in [-0.1, -0.05) is 60.1 Å². The van der Waals surface area contributed by atoms with Gasteiger partial charge in [-0.25, -0.2) is 0 Å². The van der Waals surface area contributed by atoms with Crippen molar-refractivity contribution in [1.29, 1.82) is 0 Å². The van der Waals surface area contributed by atoms with Crippen molar-refractivity contribution >= 4 is 29.1 Å². The van der Waals surface area contributed by atoms with Crippen LogP contribution in [0.1, 0.15) is 30.7 Å². The lowest BCUT2D eigenvalue weighted by atomic mass is 10.1. The van der Waals surface area contributed by atoms with Crippen LogP contribution in [-0.4, -0.2) is 45.1 Å². The normalized spacial score (nSPS) is 14.7. The molecule has 0 atom stereocenters. The molecular weight excluding hydrogens is 414 g/mol. The van der Waals surface area contributed by atoms with Gasteiger partial charge < -0.3 is 14.8 Å². The van der Waals surface area contributed by atoms with Crippen LogP contribution in [-0.2, 0) is 13.1 Å². The largest absolute Gasteiger partial charge is 0.378 e. The molecule has 1 aromatic heterocycles.